The van der Waals surface area contributed by atoms with Gasteiger partial charge < -0.3 is 15.8 Å². The van der Waals surface area contributed by atoms with Gasteiger partial charge in [-0.25, -0.2) is 4.99 Å². The van der Waals surface area contributed by atoms with Crippen LogP contribution >= 0.6 is 24.0 Å². The molecule has 5 heteroatoms. The van der Waals surface area contributed by atoms with Crippen molar-refractivity contribution in [3.05, 3.63) is 65.7 Å². The molecule has 0 aromatic heterocycles. The largest absolute Gasteiger partial charge is 0.489 e. The third-order valence-electron chi connectivity index (χ3n) is 3.11. The molecule has 0 bridgehead atoms. The van der Waals surface area contributed by atoms with E-state index in [1.807, 2.05) is 30.3 Å². The summed E-state index contributed by atoms with van der Waals surface area (Å²) in [6.45, 7) is 7.28. The molecule has 0 aliphatic heterocycles. The van der Waals surface area contributed by atoms with Crippen LogP contribution in [0.3, 0.4) is 0 Å². The number of nitrogens with two attached hydrogens (primary N) is 1. The van der Waals surface area contributed by atoms with Gasteiger partial charge in [-0.3, -0.25) is 0 Å². The minimum Gasteiger partial charge on any atom is -0.489 e. The van der Waals surface area contributed by atoms with Gasteiger partial charge in [-0.15, -0.1) is 24.0 Å². The number of guanidine groups is 1. The summed E-state index contributed by atoms with van der Waals surface area (Å²) in [5.74, 6) is 1.34. The number of aliphatic imine (C=N–C) groups is 1. The van der Waals surface area contributed by atoms with E-state index in [9.17, 15) is 0 Å². The summed E-state index contributed by atoms with van der Waals surface area (Å²) >= 11 is 0. The van der Waals surface area contributed by atoms with Crippen LogP contribution in [0, 0.1) is 0 Å². The second-order valence-electron chi connectivity index (χ2n) is 6.49. The molecule has 0 fully saturated rings. The SMILES string of the molecule is CC(C)(C)NC(N)=NCc1ccc(COc2ccccc2)cc1.I. The molecule has 4 nitrogen and oxygen atoms in total. The van der Waals surface area contributed by atoms with E-state index in [1.165, 1.54) is 0 Å². The number of rotatable bonds is 5. The fourth-order valence-corrected chi connectivity index (χ4v) is 2.02. The summed E-state index contributed by atoms with van der Waals surface area (Å²) in [4.78, 5) is 4.36. The minimum absolute atomic E-state index is 0. The van der Waals surface area contributed by atoms with Crippen molar-refractivity contribution in [3.8, 4) is 5.75 Å². The topological polar surface area (TPSA) is 59.6 Å². The van der Waals surface area contributed by atoms with E-state index in [0.717, 1.165) is 16.9 Å². The van der Waals surface area contributed by atoms with E-state index >= 15 is 0 Å². The third kappa shape index (κ3) is 7.68. The van der Waals surface area contributed by atoms with E-state index in [1.54, 1.807) is 0 Å². The Bertz CT molecular complexity index is 634. The zero-order chi connectivity index (χ0) is 16.7. The third-order valence-corrected chi connectivity index (χ3v) is 3.11. The Labute approximate surface area is 161 Å². The number of nitrogens with zero attached hydrogens (tertiary/aromatic N) is 1. The van der Waals surface area contributed by atoms with Crippen LogP contribution in [0.15, 0.2) is 59.6 Å². The molecule has 0 aliphatic rings. The lowest BCUT2D eigenvalue weighted by atomic mass is 10.1. The highest BCUT2D eigenvalue weighted by Crippen LogP contribution is 2.12. The maximum atomic E-state index is 5.87. The van der Waals surface area contributed by atoms with Gasteiger partial charge in [-0.2, -0.15) is 0 Å². The van der Waals surface area contributed by atoms with Crippen LogP contribution in [-0.2, 0) is 13.2 Å². The molecular formula is C19H26IN3O. The van der Waals surface area contributed by atoms with Crippen LogP contribution < -0.4 is 15.8 Å². The van der Waals surface area contributed by atoms with Crippen LogP contribution in [0.2, 0.25) is 0 Å². The zero-order valence-electron chi connectivity index (χ0n) is 14.5. The number of benzene rings is 2. The number of nitrogens with one attached hydrogen (secondary N) is 1. The molecule has 2 rings (SSSR count). The molecule has 0 spiro atoms. The molecule has 130 valence electrons. The van der Waals surface area contributed by atoms with Gasteiger partial charge in [0.05, 0.1) is 6.54 Å². The quantitative estimate of drug-likeness (QED) is 0.419. The predicted molar refractivity (Wildman–Crippen MR) is 111 cm³/mol. The van der Waals surface area contributed by atoms with Crippen molar-refractivity contribution in [1.29, 1.82) is 0 Å². The van der Waals surface area contributed by atoms with Gasteiger partial charge in [0.1, 0.15) is 12.4 Å². The number of halogens is 1. The Morgan fingerprint density at radius 1 is 1.00 bits per heavy atom. The van der Waals surface area contributed by atoms with E-state index in [-0.39, 0.29) is 29.5 Å². The van der Waals surface area contributed by atoms with Crippen molar-refractivity contribution in [2.75, 3.05) is 0 Å². The standard InChI is InChI=1S/C19H25N3O.HI/c1-19(2,3)22-18(20)21-13-15-9-11-16(12-10-15)14-23-17-7-5-4-6-8-17;/h4-12H,13-14H2,1-3H3,(H3,20,21,22);1H. The van der Waals surface area contributed by atoms with E-state index in [2.05, 4.69) is 55.3 Å². The lowest BCUT2D eigenvalue weighted by Crippen LogP contribution is -2.44. The maximum absolute atomic E-state index is 5.87. The monoisotopic (exact) mass is 439 g/mol. The highest BCUT2D eigenvalue weighted by Gasteiger charge is 2.09. The first-order chi connectivity index (χ1) is 10.9. The fraction of sp³-hybridized carbons (Fsp3) is 0.316. The Morgan fingerprint density at radius 2 is 1.58 bits per heavy atom. The summed E-state index contributed by atoms with van der Waals surface area (Å²) in [5.41, 5.74) is 8.04. The number of hydrogen-bond donors (Lipinski definition) is 2. The van der Waals surface area contributed by atoms with Gasteiger partial charge >= 0.3 is 0 Å². The second-order valence-corrected chi connectivity index (χ2v) is 6.49. The molecule has 0 saturated heterocycles. The van der Waals surface area contributed by atoms with Gasteiger partial charge in [-0.1, -0.05) is 42.5 Å². The normalized spacial score (nSPS) is 11.5. The first-order valence-corrected chi connectivity index (χ1v) is 7.76. The van der Waals surface area contributed by atoms with Crippen LogP contribution in [0.1, 0.15) is 31.9 Å². The van der Waals surface area contributed by atoms with Gasteiger partial charge in [0.15, 0.2) is 5.96 Å². The molecule has 0 radical (unpaired) electrons. The van der Waals surface area contributed by atoms with Crippen molar-refractivity contribution < 1.29 is 4.74 Å². The van der Waals surface area contributed by atoms with Gasteiger partial charge in [0, 0.05) is 5.54 Å². The Balaban J connectivity index is 0.00000288. The molecule has 2 aromatic carbocycles. The summed E-state index contributed by atoms with van der Waals surface area (Å²) < 4.78 is 5.73. The molecule has 0 atom stereocenters. The van der Waals surface area contributed by atoms with Crippen molar-refractivity contribution in [2.45, 2.75) is 39.5 Å². The van der Waals surface area contributed by atoms with Crippen LogP contribution in [0.25, 0.3) is 0 Å². The average molecular weight is 439 g/mol. The highest BCUT2D eigenvalue weighted by molar-refractivity contribution is 14.0. The number of hydrogen-bond acceptors (Lipinski definition) is 2. The summed E-state index contributed by atoms with van der Waals surface area (Å²) in [5, 5.41) is 3.15. The van der Waals surface area contributed by atoms with Crippen molar-refractivity contribution in [2.24, 2.45) is 10.7 Å². The van der Waals surface area contributed by atoms with Crippen LogP contribution in [-0.4, -0.2) is 11.5 Å². The lowest BCUT2D eigenvalue weighted by Gasteiger charge is -2.20. The minimum atomic E-state index is -0.0772. The molecule has 0 saturated carbocycles. The predicted octanol–water partition coefficient (Wildman–Crippen LogP) is 4.09. The second kappa shape index (κ2) is 9.52. The van der Waals surface area contributed by atoms with Crippen LogP contribution in [0.5, 0.6) is 5.75 Å². The molecular weight excluding hydrogens is 413 g/mol. The molecule has 0 heterocycles. The summed E-state index contributed by atoms with van der Waals surface area (Å²) in [7, 11) is 0. The smallest absolute Gasteiger partial charge is 0.189 e. The maximum Gasteiger partial charge on any atom is 0.189 e. The fourth-order valence-electron chi connectivity index (χ4n) is 2.02. The Kier molecular flexibility index (Phi) is 8.04. The van der Waals surface area contributed by atoms with E-state index in [0.29, 0.717) is 19.1 Å². The highest BCUT2D eigenvalue weighted by atomic mass is 127. The molecule has 3 N–H and O–H groups in total. The first-order valence-electron chi connectivity index (χ1n) is 7.76. The van der Waals surface area contributed by atoms with E-state index < -0.39 is 0 Å². The number of para-hydroxylation sites is 1. The first kappa shape index (κ1) is 20.3. The van der Waals surface area contributed by atoms with Gasteiger partial charge in [0.2, 0.25) is 0 Å². The molecule has 24 heavy (non-hydrogen) atoms. The van der Waals surface area contributed by atoms with E-state index in [4.69, 9.17) is 10.5 Å². The molecule has 2 aromatic rings. The lowest BCUT2D eigenvalue weighted by molar-refractivity contribution is 0.306. The van der Waals surface area contributed by atoms with Crippen molar-refractivity contribution >= 4 is 29.9 Å². The Hall–Kier alpha value is -1.76. The average Bonchev–Trinajstić information content (AvgIpc) is 2.51. The molecule has 0 unspecified atom stereocenters. The summed E-state index contributed by atoms with van der Waals surface area (Å²) in [6.07, 6.45) is 0. The van der Waals surface area contributed by atoms with Crippen molar-refractivity contribution in [3.63, 3.8) is 0 Å². The summed E-state index contributed by atoms with van der Waals surface area (Å²) in [6, 6.07) is 18.0. The Morgan fingerprint density at radius 3 is 2.17 bits per heavy atom. The zero-order valence-corrected chi connectivity index (χ0v) is 16.8. The van der Waals surface area contributed by atoms with Gasteiger partial charge in [0.25, 0.3) is 0 Å². The molecule has 0 aliphatic carbocycles. The molecule has 0 amide bonds. The van der Waals surface area contributed by atoms with Crippen LogP contribution in [0.4, 0.5) is 0 Å². The van der Waals surface area contributed by atoms with Gasteiger partial charge in [-0.05, 0) is 44.0 Å². The van der Waals surface area contributed by atoms with Crippen molar-refractivity contribution in [1.82, 2.24) is 5.32 Å². The number of ether oxygens (including phenoxy) is 1.